The summed E-state index contributed by atoms with van der Waals surface area (Å²) in [5, 5.41) is 0. The molecule has 3 rings (SSSR count). The van der Waals surface area contributed by atoms with Crippen molar-refractivity contribution in [3.63, 3.8) is 0 Å². The van der Waals surface area contributed by atoms with Gasteiger partial charge >= 0.3 is 0 Å². The summed E-state index contributed by atoms with van der Waals surface area (Å²) in [5.74, 6) is 8.86. The van der Waals surface area contributed by atoms with Crippen LogP contribution in [0.1, 0.15) is 36.5 Å². The Morgan fingerprint density at radius 3 is 2.50 bits per heavy atom. The minimum absolute atomic E-state index is 0.973. The Hall–Kier alpha value is -2.50. The van der Waals surface area contributed by atoms with Gasteiger partial charge in [-0.2, -0.15) is 11.8 Å². The highest BCUT2D eigenvalue weighted by Gasteiger charge is 1.98. The van der Waals surface area contributed by atoms with Crippen LogP contribution >= 0.6 is 11.8 Å². The summed E-state index contributed by atoms with van der Waals surface area (Å²) < 4.78 is 0. The van der Waals surface area contributed by atoms with E-state index < -0.39 is 0 Å². The molecule has 130 valence electrons. The zero-order valence-electron chi connectivity index (χ0n) is 15.1. The minimum atomic E-state index is 0.973. The number of unbranched alkanes of at least 4 members (excludes halogenated alkanes) is 1. The van der Waals surface area contributed by atoms with Gasteiger partial charge in [-0.25, -0.2) is 0 Å². The molecule has 26 heavy (non-hydrogen) atoms. The molecule has 0 aliphatic carbocycles. The number of benzene rings is 2. The maximum absolute atomic E-state index is 4.40. The Kier molecular flexibility index (Phi) is 6.93. The van der Waals surface area contributed by atoms with Gasteiger partial charge < -0.3 is 0 Å². The van der Waals surface area contributed by atoms with Gasteiger partial charge in [0.25, 0.3) is 0 Å². The maximum atomic E-state index is 4.40. The van der Waals surface area contributed by atoms with Crippen LogP contribution in [0.15, 0.2) is 72.9 Å². The van der Waals surface area contributed by atoms with E-state index in [0.29, 0.717) is 0 Å². The van der Waals surface area contributed by atoms with E-state index in [1.807, 2.05) is 48.3 Å². The zero-order chi connectivity index (χ0) is 18.0. The molecule has 0 radical (unpaired) electrons. The SMILES string of the molecule is CCCCSCc1ccc(C#Cc2cccc(-c3ccccn3)c2)cc1. The predicted octanol–water partition coefficient (Wildman–Crippen LogP) is 6.18. The largest absolute Gasteiger partial charge is 0.256 e. The smallest absolute Gasteiger partial charge is 0.0702 e. The van der Waals surface area contributed by atoms with Gasteiger partial charge in [0, 0.05) is 28.6 Å². The summed E-state index contributed by atoms with van der Waals surface area (Å²) in [6.07, 6.45) is 4.38. The van der Waals surface area contributed by atoms with Crippen molar-refractivity contribution in [3.8, 4) is 23.1 Å². The molecular formula is C24H23NS. The van der Waals surface area contributed by atoms with Crippen molar-refractivity contribution in [2.45, 2.75) is 25.5 Å². The summed E-state index contributed by atoms with van der Waals surface area (Å²) in [6, 6.07) is 22.8. The number of rotatable bonds is 6. The van der Waals surface area contributed by atoms with Gasteiger partial charge in [0.1, 0.15) is 0 Å². The van der Waals surface area contributed by atoms with E-state index in [-0.39, 0.29) is 0 Å². The van der Waals surface area contributed by atoms with E-state index in [1.165, 1.54) is 24.2 Å². The first-order chi connectivity index (χ1) is 12.8. The molecule has 0 aliphatic rings. The minimum Gasteiger partial charge on any atom is -0.256 e. The van der Waals surface area contributed by atoms with Crippen molar-refractivity contribution in [2.75, 3.05) is 5.75 Å². The van der Waals surface area contributed by atoms with Gasteiger partial charge in [0.05, 0.1) is 5.69 Å². The first kappa shape index (κ1) is 18.3. The molecule has 0 aliphatic heterocycles. The molecule has 1 nitrogen and oxygen atoms in total. The lowest BCUT2D eigenvalue weighted by Crippen LogP contribution is -1.85. The van der Waals surface area contributed by atoms with E-state index >= 15 is 0 Å². The molecule has 0 unspecified atom stereocenters. The second kappa shape index (κ2) is 9.85. The summed E-state index contributed by atoms with van der Waals surface area (Å²) >= 11 is 2.00. The fraction of sp³-hybridized carbons (Fsp3) is 0.208. The molecule has 0 amide bonds. The summed E-state index contributed by atoms with van der Waals surface area (Å²) in [6.45, 7) is 2.24. The number of thioether (sulfide) groups is 1. The Bertz CT molecular complexity index is 873. The third kappa shape index (κ3) is 5.51. The standard InChI is InChI=1S/C24H23NS/c1-2-3-17-26-19-22-14-11-20(12-15-22)10-13-21-7-6-8-23(18-21)24-9-4-5-16-25-24/h4-9,11-12,14-16,18H,2-3,17,19H2,1H3. The molecule has 2 aromatic carbocycles. The van der Waals surface area contributed by atoms with Gasteiger partial charge in [-0.1, -0.05) is 55.5 Å². The first-order valence-electron chi connectivity index (χ1n) is 9.05. The van der Waals surface area contributed by atoms with Crippen molar-refractivity contribution in [2.24, 2.45) is 0 Å². The average Bonchev–Trinajstić information content (AvgIpc) is 2.71. The van der Waals surface area contributed by atoms with Crippen molar-refractivity contribution >= 4 is 11.8 Å². The van der Waals surface area contributed by atoms with Crippen LogP contribution in [0.2, 0.25) is 0 Å². The molecule has 0 bridgehead atoms. The Balaban J connectivity index is 1.66. The lowest BCUT2D eigenvalue weighted by atomic mass is 10.1. The molecule has 1 heterocycles. The normalized spacial score (nSPS) is 10.2. The third-order valence-electron chi connectivity index (χ3n) is 4.04. The first-order valence-corrected chi connectivity index (χ1v) is 10.2. The number of aromatic nitrogens is 1. The Morgan fingerprint density at radius 1 is 0.885 bits per heavy atom. The predicted molar refractivity (Wildman–Crippen MR) is 113 cm³/mol. The molecule has 0 spiro atoms. The second-order valence-corrected chi connectivity index (χ2v) is 7.25. The lowest BCUT2D eigenvalue weighted by molar-refractivity contribution is 0.896. The zero-order valence-corrected chi connectivity index (χ0v) is 15.9. The highest BCUT2D eigenvalue weighted by molar-refractivity contribution is 7.98. The summed E-state index contributed by atoms with van der Waals surface area (Å²) in [4.78, 5) is 4.40. The van der Waals surface area contributed by atoms with Crippen molar-refractivity contribution in [1.29, 1.82) is 0 Å². The molecule has 3 aromatic rings. The van der Waals surface area contributed by atoms with E-state index in [1.54, 1.807) is 0 Å². The van der Waals surface area contributed by atoms with Crippen molar-refractivity contribution in [1.82, 2.24) is 4.98 Å². The van der Waals surface area contributed by atoms with Gasteiger partial charge in [0.15, 0.2) is 0 Å². The quantitative estimate of drug-likeness (QED) is 0.386. The van der Waals surface area contributed by atoms with E-state index in [9.17, 15) is 0 Å². The van der Waals surface area contributed by atoms with Gasteiger partial charge in [-0.3, -0.25) is 4.98 Å². The molecule has 0 saturated carbocycles. The topological polar surface area (TPSA) is 12.9 Å². The fourth-order valence-electron chi connectivity index (χ4n) is 2.55. The fourth-order valence-corrected chi connectivity index (χ4v) is 3.62. The summed E-state index contributed by atoms with van der Waals surface area (Å²) in [5.41, 5.74) is 5.50. The number of hydrogen-bond acceptors (Lipinski definition) is 2. The Morgan fingerprint density at radius 2 is 1.73 bits per heavy atom. The van der Waals surface area contributed by atoms with Gasteiger partial charge in [-0.05, 0) is 54.1 Å². The van der Waals surface area contributed by atoms with Crippen LogP contribution in [-0.2, 0) is 5.75 Å². The van der Waals surface area contributed by atoms with Gasteiger partial charge in [-0.15, -0.1) is 0 Å². The van der Waals surface area contributed by atoms with Crippen LogP contribution in [0.25, 0.3) is 11.3 Å². The lowest BCUT2D eigenvalue weighted by Gasteiger charge is -2.01. The van der Waals surface area contributed by atoms with Crippen LogP contribution in [0.5, 0.6) is 0 Å². The molecule has 0 saturated heterocycles. The molecule has 0 N–H and O–H groups in total. The number of nitrogens with zero attached hydrogens (tertiary/aromatic N) is 1. The van der Waals surface area contributed by atoms with Crippen molar-refractivity contribution < 1.29 is 0 Å². The van der Waals surface area contributed by atoms with Crippen LogP contribution < -0.4 is 0 Å². The van der Waals surface area contributed by atoms with Crippen LogP contribution in [0.4, 0.5) is 0 Å². The van der Waals surface area contributed by atoms with Crippen LogP contribution in [-0.4, -0.2) is 10.7 Å². The summed E-state index contributed by atoms with van der Waals surface area (Å²) in [7, 11) is 0. The Labute approximate surface area is 160 Å². The average molecular weight is 358 g/mol. The van der Waals surface area contributed by atoms with Gasteiger partial charge in [0.2, 0.25) is 0 Å². The monoisotopic (exact) mass is 357 g/mol. The van der Waals surface area contributed by atoms with Crippen LogP contribution in [0, 0.1) is 11.8 Å². The third-order valence-corrected chi connectivity index (χ3v) is 5.15. The highest BCUT2D eigenvalue weighted by Crippen LogP contribution is 2.17. The molecular weight excluding hydrogens is 334 g/mol. The van der Waals surface area contributed by atoms with Crippen LogP contribution in [0.3, 0.4) is 0 Å². The number of hydrogen-bond donors (Lipinski definition) is 0. The van der Waals surface area contributed by atoms with Crippen molar-refractivity contribution in [3.05, 3.63) is 89.6 Å². The molecule has 0 atom stereocenters. The molecule has 2 heteroatoms. The van der Waals surface area contributed by atoms with E-state index in [2.05, 4.69) is 60.1 Å². The van der Waals surface area contributed by atoms with E-state index in [0.717, 1.165) is 28.1 Å². The number of pyridine rings is 1. The highest BCUT2D eigenvalue weighted by atomic mass is 32.2. The second-order valence-electron chi connectivity index (χ2n) is 6.15. The molecule has 1 aromatic heterocycles. The molecule has 0 fully saturated rings. The maximum Gasteiger partial charge on any atom is 0.0702 e. The van der Waals surface area contributed by atoms with E-state index in [4.69, 9.17) is 0 Å².